The topological polar surface area (TPSA) is 36.4 Å². The number of guanidine groups is 1. The molecular weight excluding hydrogens is 413 g/mol. The summed E-state index contributed by atoms with van der Waals surface area (Å²) in [5.41, 5.74) is 0. The highest BCUT2D eigenvalue weighted by molar-refractivity contribution is 14.0. The zero-order chi connectivity index (χ0) is 14.4. The van der Waals surface area contributed by atoms with Gasteiger partial charge in [0.2, 0.25) is 0 Å². The normalized spacial score (nSPS) is 22.0. The van der Waals surface area contributed by atoms with Crippen LogP contribution < -0.4 is 10.6 Å². The maximum absolute atomic E-state index is 4.31. The Kier molecular flexibility index (Phi) is 8.41. The van der Waals surface area contributed by atoms with Crippen molar-refractivity contribution in [2.45, 2.75) is 44.4 Å². The molecule has 2 heterocycles. The molecule has 0 radical (unpaired) electrons. The number of nitrogens with zero attached hydrogens (tertiary/aromatic N) is 1. The molecule has 0 amide bonds. The van der Waals surface area contributed by atoms with Gasteiger partial charge in [0.15, 0.2) is 5.96 Å². The number of thioether (sulfide) groups is 1. The van der Waals surface area contributed by atoms with Gasteiger partial charge in [-0.1, -0.05) is 6.92 Å². The number of rotatable bonds is 5. The molecule has 1 fully saturated rings. The second-order valence-corrected chi connectivity index (χ2v) is 8.34. The summed E-state index contributed by atoms with van der Waals surface area (Å²) < 4.78 is 0.371. The minimum Gasteiger partial charge on any atom is -0.355 e. The number of hydrogen-bond donors (Lipinski definition) is 2. The molecule has 1 aromatic rings. The van der Waals surface area contributed by atoms with Crippen molar-refractivity contribution in [3.05, 3.63) is 21.9 Å². The minimum atomic E-state index is 0. The number of halogens is 1. The maximum atomic E-state index is 4.31. The Balaban J connectivity index is 0.00000220. The summed E-state index contributed by atoms with van der Waals surface area (Å²) in [7, 11) is 1.84. The van der Waals surface area contributed by atoms with Gasteiger partial charge in [0.25, 0.3) is 0 Å². The quantitative estimate of drug-likeness (QED) is 0.416. The Morgan fingerprint density at radius 3 is 2.67 bits per heavy atom. The first-order valence-corrected chi connectivity index (χ1v) is 9.11. The van der Waals surface area contributed by atoms with Gasteiger partial charge in [-0.05, 0) is 44.1 Å². The predicted octanol–water partition coefficient (Wildman–Crippen LogP) is 3.88. The lowest BCUT2D eigenvalue weighted by Crippen LogP contribution is -2.43. The van der Waals surface area contributed by atoms with E-state index in [1.165, 1.54) is 28.3 Å². The summed E-state index contributed by atoms with van der Waals surface area (Å²) in [5.74, 6) is 2.20. The molecule has 2 N–H and O–H groups in total. The molecule has 0 spiro atoms. The summed E-state index contributed by atoms with van der Waals surface area (Å²) >= 11 is 3.95. The zero-order valence-electron chi connectivity index (χ0n) is 13.1. The van der Waals surface area contributed by atoms with Crippen molar-refractivity contribution >= 4 is 53.0 Å². The molecule has 0 saturated carbocycles. The van der Waals surface area contributed by atoms with Crippen molar-refractivity contribution in [1.29, 1.82) is 0 Å². The van der Waals surface area contributed by atoms with Crippen LogP contribution in [0.5, 0.6) is 0 Å². The fourth-order valence-corrected chi connectivity index (χ4v) is 4.49. The van der Waals surface area contributed by atoms with Gasteiger partial charge in [0, 0.05) is 28.1 Å². The Bertz CT molecular complexity index is 454. The van der Waals surface area contributed by atoms with Gasteiger partial charge in [-0.3, -0.25) is 4.99 Å². The molecule has 1 saturated heterocycles. The molecule has 3 nitrogen and oxygen atoms in total. The molecule has 1 aliphatic rings. The molecule has 1 aromatic heterocycles. The largest absolute Gasteiger partial charge is 0.355 e. The molecule has 0 aromatic carbocycles. The van der Waals surface area contributed by atoms with Crippen LogP contribution in [0.3, 0.4) is 0 Å². The van der Waals surface area contributed by atoms with Gasteiger partial charge >= 0.3 is 0 Å². The molecule has 0 aliphatic carbocycles. The molecular formula is C15H26IN3S2. The molecule has 21 heavy (non-hydrogen) atoms. The number of thiophene rings is 1. The Hall–Kier alpha value is 0.0500. The van der Waals surface area contributed by atoms with Gasteiger partial charge in [0.05, 0.1) is 6.54 Å². The van der Waals surface area contributed by atoms with E-state index in [1.54, 1.807) is 0 Å². The summed E-state index contributed by atoms with van der Waals surface area (Å²) in [6.07, 6.45) is 3.75. The first-order valence-electron chi connectivity index (χ1n) is 7.31. The van der Waals surface area contributed by atoms with E-state index in [4.69, 9.17) is 0 Å². The lowest BCUT2D eigenvalue weighted by Gasteiger charge is -2.24. The third-order valence-electron chi connectivity index (χ3n) is 3.65. The summed E-state index contributed by atoms with van der Waals surface area (Å²) in [4.78, 5) is 7.12. The standard InChI is InChI=1S/C15H25N3S2.HI/c1-4-12-6-7-13(20-12)10-17-14(16-3)18-11-15(2)8-5-9-19-15;/h6-7H,4-5,8-11H2,1-3H3,(H2,16,17,18);1H. The van der Waals surface area contributed by atoms with E-state index in [1.807, 2.05) is 18.4 Å². The van der Waals surface area contributed by atoms with Gasteiger partial charge in [-0.15, -0.1) is 35.3 Å². The van der Waals surface area contributed by atoms with Gasteiger partial charge in [-0.2, -0.15) is 11.8 Å². The Labute approximate surface area is 153 Å². The van der Waals surface area contributed by atoms with E-state index in [2.05, 4.69) is 53.4 Å². The summed E-state index contributed by atoms with van der Waals surface area (Å²) in [5, 5.41) is 6.87. The van der Waals surface area contributed by atoms with Gasteiger partial charge in [-0.25, -0.2) is 0 Å². The van der Waals surface area contributed by atoms with Crippen LogP contribution in [-0.2, 0) is 13.0 Å². The highest BCUT2D eigenvalue weighted by Gasteiger charge is 2.29. The van der Waals surface area contributed by atoms with Crippen molar-refractivity contribution in [3.8, 4) is 0 Å². The lowest BCUT2D eigenvalue weighted by atomic mass is 10.1. The highest BCUT2D eigenvalue weighted by atomic mass is 127. The second-order valence-electron chi connectivity index (χ2n) is 5.40. The summed E-state index contributed by atoms with van der Waals surface area (Å²) in [6.45, 7) is 6.39. The SMILES string of the molecule is CCc1ccc(CNC(=NC)NCC2(C)CCCS2)s1.I. The lowest BCUT2D eigenvalue weighted by molar-refractivity contribution is 0.585. The Morgan fingerprint density at radius 2 is 2.10 bits per heavy atom. The average molecular weight is 439 g/mol. The third kappa shape index (κ3) is 5.98. The molecule has 120 valence electrons. The Morgan fingerprint density at radius 1 is 1.33 bits per heavy atom. The van der Waals surface area contributed by atoms with Crippen LogP contribution in [-0.4, -0.2) is 30.1 Å². The van der Waals surface area contributed by atoms with Crippen LogP contribution >= 0.6 is 47.1 Å². The molecule has 1 atom stereocenters. The van der Waals surface area contributed by atoms with E-state index >= 15 is 0 Å². The monoisotopic (exact) mass is 439 g/mol. The number of aliphatic imine (C=N–C) groups is 1. The van der Waals surface area contributed by atoms with Crippen LogP contribution in [0.25, 0.3) is 0 Å². The van der Waals surface area contributed by atoms with E-state index in [0.29, 0.717) is 4.75 Å². The van der Waals surface area contributed by atoms with Crippen molar-refractivity contribution in [3.63, 3.8) is 0 Å². The minimum absolute atomic E-state index is 0. The van der Waals surface area contributed by atoms with Crippen molar-refractivity contribution < 1.29 is 0 Å². The first-order chi connectivity index (χ1) is 9.65. The van der Waals surface area contributed by atoms with E-state index in [-0.39, 0.29) is 24.0 Å². The van der Waals surface area contributed by atoms with E-state index in [9.17, 15) is 0 Å². The van der Waals surface area contributed by atoms with Crippen molar-refractivity contribution in [2.75, 3.05) is 19.3 Å². The van der Waals surface area contributed by atoms with Crippen LogP contribution in [0.2, 0.25) is 0 Å². The third-order valence-corrected chi connectivity index (χ3v) is 6.42. The van der Waals surface area contributed by atoms with Crippen LogP contribution in [0, 0.1) is 0 Å². The molecule has 1 aliphatic heterocycles. The van der Waals surface area contributed by atoms with E-state index < -0.39 is 0 Å². The maximum Gasteiger partial charge on any atom is 0.191 e. The van der Waals surface area contributed by atoms with Gasteiger partial charge in [0.1, 0.15) is 0 Å². The first kappa shape index (κ1) is 19.1. The molecule has 1 unspecified atom stereocenters. The molecule has 6 heteroatoms. The number of nitrogens with one attached hydrogen (secondary N) is 2. The second kappa shape index (κ2) is 9.25. The van der Waals surface area contributed by atoms with E-state index in [0.717, 1.165) is 25.5 Å². The summed E-state index contributed by atoms with van der Waals surface area (Å²) in [6, 6.07) is 4.42. The smallest absolute Gasteiger partial charge is 0.191 e. The average Bonchev–Trinajstić information content (AvgIpc) is 3.08. The van der Waals surface area contributed by atoms with Crippen LogP contribution in [0.1, 0.15) is 36.4 Å². The zero-order valence-corrected chi connectivity index (χ0v) is 17.0. The van der Waals surface area contributed by atoms with Crippen LogP contribution in [0.4, 0.5) is 0 Å². The fourth-order valence-electron chi connectivity index (χ4n) is 2.35. The number of aryl methyl sites for hydroxylation is 1. The fraction of sp³-hybridized carbons (Fsp3) is 0.667. The number of hydrogen-bond acceptors (Lipinski definition) is 3. The highest BCUT2D eigenvalue weighted by Crippen LogP contribution is 2.36. The predicted molar refractivity (Wildman–Crippen MR) is 107 cm³/mol. The van der Waals surface area contributed by atoms with Crippen LogP contribution in [0.15, 0.2) is 17.1 Å². The van der Waals surface area contributed by atoms with Gasteiger partial charge < -0.3 is 10.6 Å². The van der Waals surface area contributed by atoms with Crippen molar-refractivity contribution in [2.24, 2.45) is 4.99 Å². The van der Waals surface area contributed by atoms with Crippen molar-refractivity contribution in [1.82, 2.24) is 10.6 Å². The molecule has 0 bridgehead atoms. The molecule has 2 rings (SSSR count).